The Hall–Kier alpha value is -2.71. The second kappa shape index (κ2) is 9.19. The Morgan fingerprint density at radius 2 is 1.76 bits per heavy atom. The predicted molar refractivity (Wildman–Crippen MR) is 109 cm³/mol. The van der Waals surface area contributed by atoms with E-state index in [0.29, 0.717) is 18.5 Å². The Bertz CT molecular complexity index is 958. The Labute approximate surface area is 170 Å². The largest absolute Gasteiger partial charge is 0.454 e. The van der Waals surface area contributed by atoms with Crippen molar-refractivity contribution in [1.29, 1.82) is 0 Å². The number of hydrogen-bond acceptors (Lipinski definition) is 5. The van der Waals surface area contributed by atoms with Crippen LogP contribution in [0.1, 0.15) is 24.8 Å². The molecule has 1 N–H and O–H groups in total. The Kier molecular flexibility index (Phi) is 6.66. The summed E-state index contributed by atoms with van der Waals surface area (Å²) in [5.41, 5.74) is 1.66. The molecule has 8 heteroatoms. The summed E-state index contributed by atoms with van der Waals surface area (Å²) in [5, 5.41) is 2.65. The lowest BCUT2D eigenvalue weighted by molar-refractivity contribution is -0.152. The molecule has 1 atom stereocenters. The highest BCUT2D eigenvalue weighted by Crippen LogP contribution is 2.26. The van der Waals surface area contributed by atoms with Crippen molar-refractivity contribution < 1.29 is 22.7 Å². The van der Waals surface area contributed by atoms with Gasteiger partial charge in [0.1, 0.15) is 6.04 Å². The third kappa shape index (κ3) is 5.21. The summed E-state index contributed by atoms with van der Waals surface area (Å²) in [4.78, 5) is 24.8. The molecule has 0 aromatic heterocycles. The van der Waals surface area contributed by atoms with Crippen LogP contribution in [0, 0.1) is 6.92 Å². The molecule has 0 saturated carbocycles. The van der Waals surface area contributed by atoms with Gasteiger partial charge in [0.05, 0.1) is 4.90 Å². The summed E-state index contributed by atoms with van der Waals surface area (Å²) >= 11 is 0. The van der Waals surface area contributed by atoms with E-state index in [4.69, 9.17) is 4.74 Å². The van der Waals surface area contributed by atoms with Gasteiger partial charge < -0.3 is 10.1 Å². The smallest absolute Gasteiger partial charge is 0.324 e. The minimum absolute atomic E-state index is 0.136. The first-order chi connectivity index (χ1) is 13.9. The van der Waals surface area contributed by atoms with E-state index in [-0.39, 0.29) is 11.4 Å². The molecule has 1 amide bonds. The van der Waals surface area contributed by atoms with Gasteiger partial charge in [-0.1, -0.05) is 35.9 Å². The number of nitrogens with one attached hydrogen (secondary N) is 1. The zero-order valence-electron chi connectivity index (χ0n) is 16.2. The fraction of sp³-hybridized carbons (Fsp3) is 0.333. The highest BCUT2D eigenvalue weighted by molar-refractivity contribution is 7.89. The lowest BCUT2D eigenvalue weighted by Crippen LogP contribution is -2.48. The van der Waals surface area contributed by atoms with Crippen molar-refractivity contribution in [3.05, 3.63) is 60.2 Å². The fourth-order valence-electron chi connectivity index (χ4n) is 3.22. The molecule has 0 bridgehead atoms. The first-order valence-corrected chi connectivity index (χ1v) is 10.9. The van der Waals surface area contributed by atoms with Crippen molar-refractivity contribution in [3.63, 3.8) is 0 Å². The van der Waals surface area contributed by atoms with E-state index in [0.717, 1.165) is 12.0 Å². The number of carbonyl (C=O) groups excluding carboxylic acids is 2. The van der Waals surface area contributed by atoms with E-state index in [1.807, 2.05) is 19.1 Å². The number of piperidine rings is 1. The van der Waals surface area contributed by atoms with Crippen LogP contribution in [-0.2, 0) is 24.3 Å². The van der Waals surface area contributed by atoms with E-state index in [9.17, 15) is 18.0 Å². The molecule has 3 rings (SSSR count). The number of hydrogen-bond donors (Lipinski definition) is 1. The van der Waals surface area contributed by atoms with Crippen LogP contribution in [0.5, 0.6) is 0 Å². The normalized spacial score (nSPS) is 17.5. The molecule has 1 aliphatic heterocycles. The Morgan fingerprint density at radius 1 is 1.07 bits per heavy atom. The van der Waals surface area contributed by atoms with Gasteiger partial charge in [0.2, 0.25) is 10.0 Å². The number of nitrogens with zero attached hydrogens (tertiary/aromatic N) is 1. The quantitative estimate of drug-likeness (QED) is 0.731. The average Bonchev–Trinajstić information content (AvgIpc) is 2.74. The molecule has 1 fully saturated rings. The van der Waals surface area contributed by atoms with Crippen LogP contribution >= 0.6 is 0 Å². The zero-order valence-corrected chi connectivity index (χ0v) is 17.0. The van der Waals surface area contributed by atoms with Gasteiger partial charge in [0.15, 0.2) is 6.61 Å². The van der Waals surface area contributed by atoms with Gasteiger partial charge in [0.25, 0.3) is 5.91 Å². The van der Waals surface area contributed by atoms with Crippen molar-refractivity contribution in [2.75, 3.05) is 18.5 Å². The summed E-state index contributed by atoms with van der Waals surface area (Å²) < 4.78 is 32.2. The maximum atomic E-state index is 12.9. The molecule has 0 spiro atoms. The molecule has 1 unspecified atom stereocenters. The molecule has 1 heterocycles. The topological polar surface area (TPSA) is 92.8 Å². The van der Waals surface area contributed by atoms with Gasteiger partial charge in [-0.25, -0.2) is 8.42 Å². The third-order valence-electron chi connectivity index (χ3n) is 4.76. The van der Waals surface area contributed by atoms with Crippen molar-refractivity contribution in [3.8, 4) is 0 Å². The van der Waals surface area contributed by atoms with Crippen LogP contribution in [0.15, 0.2) is 59.5 Å². The Balaban J connectivity index is 1.63. The molecule has 29 heavy (non-hydrogen) atoms. The monoisotopic (exact) mass is 416 g/mol. The van der Waals surface area contributed by atoms with Crippen molar-refractivity contribution in [1.82, 2.24) is 4.31 Å². The second-order valence-electron chi connectivity index (χ2n) is 6.96. The third-order valence-corrected chi connectivity index (χ3v) is 6.68. The minimum atomic E-state index is -3.82. The highest BCUT2D eigenvalue weighted by atomic mass is 32.2. The lowest BCUT2D eigenvalue weighted by atomic mass is 10.1. The van der Waals surface area contributed by atoms with Crippen LogP contribution in [0.2, 0.25) is 0 Å². The van der Waals surface area contributed by atoms with Crippen LogP contribution in [0.3, 0.4) is 0 Å². The van der Waals surface area contributed by atoms with Crippen molar-refractivity contribution in [2.24, 2.45) is 0 Å². The summed E-state index contributed by atoms with van der Waals surface area (Å²) in [6, 6.07) is 14.3. The van der Waals surface area contributed by atoms with Crippen LogP contribution < -0.4 is 5.32 Å². The summed E-state index contributed by atoms with van der Waals surface area (Å²) in [7, 11) is -3.82. The van der Waals surface area contributed by atoms with E-state index in [1.165, 1.54) is 16.4 Å². The molecule has 0 aliphatic carbocycles. The number of amides is 1. The predicted octanol–water partition coefficient (Wildman–Crippen LogP) is 2.72. The summed E-state index contributed by atoms with van der Waals surface area (Å²) in [6.45, 7) is 1.71. The molecule has 1 aliphatic rings. The van der Waals surface area contributed by atoms with Gasteiger partial charge in [-0.3, -0.25) is 9.59 Å². The number of rotatable bonds is 6. The fourth-order valence-corrected chi connectivity index (χ4v) is 4.89. The van der Waals surface area contributed by atoms with Gasteiger partial charge in [-0.05, 0) is 50.5 Å². The molecular weight excluding hydrogens is 392 g/mol. The molecular formula is C21H24N2O5S. The van der Waals surface area contributed by atoms with Crippen LogP contribution in [0.4, 0.5) is 5.69 Å². The number of sulfonamides is 1. The van der Waals surface area contributed by atoms with Gasteiger partial charge in [-0.2, -0.15) is 4.31 Å². The average molecular weight is 416 g/mol. The van der Waals surface area contributed by atoms with Crippen molar-refractivity contribution in [2.45, 2.75) is 37.1 Å². The van der Waals surface area contributed by atoms with Crippen LogP contribution in [-0.4, -0.2) is 43.8 Å². The van der Waals surface area contributed by atoms with Crippen molar-refractivity contribution >= 4 is 27.6 Å². The summed E-state index contributed by atoms with van der Waals surface area (Å²) in [5.74, 6) is -1.18. The summed E-state index contributed by atoms with van der Waals surface area (Å²) in [6.07, 6.45) is 1.75. The molecule has 7 nitrogen and oxygen atoms in total. The number of esters is 1. The van der Waals surface area contributed by atoms with E-state index < -0.39 is 34.5 Å². The maximum Gasteiger partial charge on any atom is 0.324 e. The molecule has 2 aromatic rings. The van der Waals surface area contributed by atoms with E-state index in [2.05, 4.69) is 5.32 Å². The number of benzene rings is 2. The standard InChI is InChI=1S/C21H24N2O5S/c1-16-10-12-17(13-11-16)22-20(24)15-28-21(25)19-9-5-6-14-23(19)29(26,27)18-7-3-2-4-8-18/h2-4,7-8,10-13,19H,5-6,9,14-15H2,1H3,(H,22,24). The SMILES string of the molecule is Cc1ccc(NC(=O)COC(=O)C2CCCCN2S(=O)(=O)c2ccccc2)cc1. The first-order valence-electron chi connectivity index (χ1n) is 9.48. The van der Waals surface area contributed by atoms with Crippen LogP contribution in [0.25, 0.3) is 0 Å². The number of aryl methyl sites for hydroxylation is 1. The van der Waals surface area contributed by atoms with E-state index >= 15 is 0 Å². The highest BCUT2D eigenvalue weighted by Gasteiger charge is 2.38. The Morgan fingerprint density at radius 3 is 2.45 bits per heavy atom. The molecule has 1 saturated heterocycles. The lowest BCUT2D eigenvalue weighted by Gasteiger charge is -2.32. The zero-order chi connectivity index (χ0) is 20.9. The van der Waals surface area contributed by atoms with Gasteiger partial charge in [-0.15, -0.1) is 0 Å². The number of carbonyl (C=O) groups is 2. The van der Waals surface area contributed by atoms with E-state index in [1.54, 1.807) is 30.3 Å². The number of anilines is 1. The van der Waals surface area contributed by atoms with Gasteiger partial charge in [0, 0.05) is 12.2 Å². The second-order valence-corrected chi connectivity index (χ2v) is 8.85. The van der Waals surface area contributed by atoms with Gasteiger partial charge >= 0.3 is 5.97 Å². The maximum absolute atomic E-state index is 12.9. The first kappa shape index (κ1) is 21.0. The molecule has 0 radical (unpaired) electrons. The minimum Gasteiger partial charge on any atom is -0.454 e. The number of ether oxygens (including phenoxy) is 1. The molecule has 2 aromatic carbocycles. The molecule has 154 valence electrons.